The van der Waals surface area contributed by atoms with E-state index in [9.17, 15) is 9.59 Å². The van der Waals surface area contributed by atoms with Crippen LogP contribution in [0.1, 0.15) is 36.8 Å². The molecule has 2 aliphatic heterocycles. The van der Waals surface area contributed by atoms with Gasteiger partial charge >= 0.3 is 0 Å². The van der Waals surface area contributed by atoms with Gasteiger partial charge in [0.05, 0.1) is 13.2 Å². The Balaban J connectivity index is 1.06. The molecule has 5 rings (SSSR count). The molecule has 6 heteroatoms. The van der Waals surface area contributed by atoms with Gasteiger partial charge < -0.3 is 20.1 Å². The summed E-state index contributed by atoms with van der Waals surface area (Å²) in [6, 6.07) is 16.2. The Morgan fingerprint density at radius 1 is 0.735 bits per heavy atom. The highest BCUT2D eigenvalue weighted by Crippen LogP contribution is 2.31. The minimum atomic E-state index is -0.0915. The highest BCUT2D eigenvalue weighted by molar-refractivity contribution is 5.82. The Bertz CT molecular complexity index is 943. The SMILES string of the molecule is O=C(NCC1COc2ccccc2C1)C1CCCC(C(=O)NCC2COc3ccccc3C2)C1. The van der Waals surface area contributed by atoms with Crippen LogP contribution < -0.4 is 20.1 Å². The molecule has 0 aromatic heterocycles. The number of rotatable bonds is 6. The molecule has 2 heterocycles. The monoisotopic (exact) mass is 462 g/mol. The number of hydrogen-bond acceptors (Lipinski definition) is 4. The molecule has 2 aromatic carbocycles. The fourth-order valence-corrected chi connectivity index (χ4v) is 5.49. The molecule has 1 aliphatic carbocycles. The van der Waals surface area contributed by atoms with Crippen LogP contribution in [0.5, 0.6) is 11.5 Å². The Morgan fingerprint density at radius 2 is 1.21 bits per heavy atom. The smallest absolute Gasteiger partial charge is 0.223 e. The van der Waals surface area contributed by atoms with Gasteiger partial charge in [0.1, 0.15) is 11.5 Å². The van der Waals surface area contributed by atoms with Crippen molar-refractivity contribution in [1.29, 1.82) is 0 Å². The number of ether oxygens (including phenoxy) is 2. The molecule has 34 heavy (non-hydrogen) atoms. The summed E-state index contributed by atoms with van der Waals surface area (Å²) in [4.78, 5) is 25.8. The number of benzene rings is 2. The summed E-state index contributed by atoms with van der Waals surface area (Å²) in [6.07, 6.45) is 5.09. The summed E-state index contributed by atoms with van der Waals surface area (Å²) >= 11 is 0. The van der Waals surface area contributed by atoms with Gasteiger partial charge in [-0.3, -0.25) is 9.59 Å². The van der Waals surface area contributed by atoms with Gasteiger partial charge in [-0.25, -0.2) is 0 Å². The van der Waals surface area contributed by atoms with E-state index in [-0.39, 0.29) is 35.5 Å². The van der Waals surface area contributed by atoms with Crippen molar-refractivity contribution in [2.45, 2.75) is 38.5 Å². The molecule has 3 aliphatic rings. The van der Waals surface area contributed by atoms with E-state index in [1.807, 2.05) is 36.4 Å². The van der Waals surface area contributed by atoms with E-state index < -0.39 is 0 Å². The highest BCUT2D eigenvalue weighted by atomic mass is 16.5. The minimum Gasteiger partial charge on any atom is -0.493 e. The molecule has 2 N–H and O–H groups in total. The van der Waals surface area contributed by atoms with Crippen LogP contribution in [0, 0.1) is 23.7 Å². The van der Waals surface area contributed by atoms with Gasteiger partial charge in [0.2, 0.25) is 11.8 Å². The largest absolute Gasteiger partial charge is 0.493 e. The Morgan fingerprint density at radius 3 is 1.71 bits per heavy atom. The number of nitrogens with one attached hydrogen (secondary N) is 2. The maximum atomic E-state index is 12.9. The number of para-hydroxylation sites is 2. The van der Waals surface area contributed by atoms with E-state index in [1.165, 1.54) is 11.1 Å². The average Bonchev–Trinajstić information content (AvgIpc) is 2.90. The lowest BCUT2D eigenvalue weighted by Gasteiger charge is -2.30. The van der Waals surface area contributed by atoms with Crippen molar-refractivity contribution in [3.05, 3.63) is 59.7 Å². The summed E-state index contributed by atoms with van der Waals surface area (Å²) in [5.41, 5.74) is 2.41. The van der Waals surface area contributed by atoms with Gasteiger partial charge in [-0.05, 0) is 55.4 Å². The maximum absolute atomic E-state index is 12.9. The molecular formula is C28H34N2O4. The zero-order chi connectivity index (χ0) is 23.3. The van der Waals surface area contributed by atoms with Crippen LogP contribution in [0.15, 0.2) is 48.5 Å². The van der Waals surface area contributed by atoms with E-state index >= 15 is 0 Å². The predicted molar refractivity (Wildman–Crippen MR) is 130 cm³/mol. The van der Waals surface area contributed by atoms with Crippen LogP contribution >= 0.6 is 0 Å². The molecule has 0 saturated heterocycles. The molecule has 1 saturated carbocycles. The van der Waals surface area contributed by atoms with E-state index in [0.29, 0.717) is 32.7 Å². The van der Waals surface area contributed by atoms with Gasteiger partial charge in [0, 0.05) is 36.8 Å². The average molecular weight is 463 g/mol. The van der Waals surface area contributed by atoms with Gasteiger partial charge in [0.15, 0.2) is 0 Å². The summed E-state index contributed by atoms with van der Waals surface area (Å²) in [5.74, 6) is 2.44. The molecule has 0 radical (unpaired) electrons. The lowest BCUT2D eigenvalue weighted by atomic mass is 9.80. The molecule has 2 amide bonds. The van der Waals surface area contributed by atoms with Gasteiger partial charge in [-0.1, -0.05) is 42.8 Å². The lowest BCUT2D eigenvalue weighted by Crippen LogP contribution is -2.42. The van der Waals surface area contributed by atoms with E-state index in [4.69, 9.17) is 9.47 Å². The molecule has 1 fully saturated rings. The Hall–Kier alpha value is -3.02. The lowest BCUT2D eigenvalue weighted by molar-refractivity contribution is -0.130. The standard InChI is InChI=1S/C28H34N2O4/c31-27(29-15-19-12-21-6-1-3-10-25(21)33-17-19)23-8-5-9-24(14-23)28(32)30-16-20-13-22-7-2-4-11-26(22)34-18-20/h1-4,6-7,10-11,19-20,23-24H,5,8-9,12-18H2,(H,29,31)(H,30,32). The third-order valence-corrected chi connectivity index (χ3v) is 7.46. The van der Waals surface area contributed by atoms with Crippen molar-refractivity contribution in [3.8, 4) is 11.5 Å². The quantitative estimate of drug-likeness (QED) is 0.689. The van der Waals surface area contributed by atoms with Crippen LogP contribution in [0.4, 0.5) is 0 Å². The number of carbonyl (C=O) groups is 2. The van der Waals surface area contributed by atoms with Crippen molar-refractivity contribution >= 4 is 11.8 Å². The zero-order valence-corrected chi connectivity index (χ0v) is 19.6. The summed E-state index contributed by atoms with van der Waals surface area (Å²) in [5, 5.41) is 6.28. The first kappa shape index (κ1) is 22.8. The Kier molecular flexibility index (Phi) is 7.02. The molecule has 0 bridgehead atoms. The van der Waals surface area contributed by atoms with E-state index in [1.54, 1.807) is 0 Å². The summed E-state index contributed by atoms with van der Waals surface area (Å²) < 4.78 is 11.7. The molecular weight excluding hydrogens is 428 g/mol. The van der Waals surface area contributed by atoms with Crippen molar-refractivity contribution in [2.75, 3.05) is 26.3 Å². The molecule has 0 spiro atoms. The third kappa shape index (κ3) is 5.37. The van der Waals surface area contributed by atoms with Crippen molar-refractivity contribution < 1.29 is 19.1 Å². The number of fused-ring (bicyclic) bond motifs is 2. The number of amides is 2. The first-order valence-electron chi connectivity index (χ1n) is 12.6. The normalized spacial score (nSPS) is 25.6. The Labute approximate surface area is 201 Å². The maximum Gasteiger partial charge on any atom is 0.223 e. The minimum absolute atomic E-state index is 0.0775. The van der Waals surface area contributed by atoms with Crippen LogP contribution in [0.2, 0.25) is 0 Å². The first-order valence-corrected chi connectivity index (χ1v) is 12.6. The fraction of sp³-hybridized carbons (Fsp3) is 0.500. The second-order valence-electron chi connectivity index (χ2n) is 10.0. The second kappa shape index (κ2) is 10.5. The van der Waals surface area contributed by atoms with Crippen LogP contribution in [0.3, 0.4) is 0 Å². The fourth-order valence-electron chi connectivity index (χ4n) is 5.49. The summed E-state index contributed by atoms with van der Waals surface area (Å²) in [7, 11) is 0. The predicted octanol–water partition coefficient (Wildman–Crippen LogP) is 3.53. The van der Waals surface area contributed by atoms with Crippen LogP contribution in [-0.2, 0) is 22.4 Å². The summed E-state index contributed by atoms with van der Waals surface area (Å²) in [6.45, 7) is 2.48. The highest BCUT2D eigenvalue weighted by Gasteiger charge is 2.32. The topological polar surface area (TPSA) is 76.7 Å². The van der Waals surface area contributed by atoms with Gasteiger partial charge in [0.25, 0.3) is 0 Å². The third-order valence-electron chi connectivity index (χ3n) is 7.46. The molecule has 4 unspecified atom stereocenters. The van der Waals surface area contributed by atoms with Gasteiger partial charge in [-0.2, -0.15) is 0 Å². The number of hydrogen-bond donors (Lipinski definition) is 2. The van der Waals surface area contributed by atoms with Crippen molar-refractivity contribution in [3.63, 3.8) is 0 Å². The molecule has 180 valence electrons. The van der Waals surface area contributed by atoms with Crippen molar-refractivity contribution in [2.24, 2.45) is 23.7 Å². The van der Waals surface area contributed by atoms with Crippen molar-refractivity contribution in [1.82, 2.24) is 10.6 Å². The van der Waals surface area contributed by atoms with Gasteiger partial charge in [-0.15, -0.1) is 0 Å². The van der Waals surface area contributed by atoms with Crippen LogP contribution in [-0.4, -0.2) is 38.1 Å². The number of carbonyl (C=O) groups excluding carboxylic acids is 2. The molecule has 6 nitrogen and oxygen atoms in total. The molecule has 4 atom stereocenters. The zero-order valence-electron chi connectivity index (χ0n) is 19.6. The first-order chi connectivity index (χ1) is 16.7. The van der Waals surface area contributed by atoms with E-state index in [0.717, 1.165) is 43.6 Å². The van der Waals surface area contributed by atoms with Crippen LogP contribution in [0.25, 0.3) is 0 Å². The molecule has 2 aromatic rings. The van der Waals surface area contributed by atoms with E-state index in [2.05, 4.69) is 22.8 Å². The second-order valence-corrected chi connectivity index (χ2v) is 10.0.